The molecule has 0 atom stereocenters. The molecule has 3 aromatic heterocycles. The minimum Gasteiger partial charge on any atom is -0.383 e. The van der Waals surface area contributed by atoms with Gasteiger partial charge < -0.3 is 15.4 Å². The largest absolute Gasteiger partial charge is 0.383 e. The van der Waals surface area contributed by atoms with Gasteiger partial charge in [-0.3, -0.25) is 13.9 Å². The number of methoxy groups -OCH3 is 1. The van der Waals surface area contributed by atoms with Gasteiger partial charge in [0.25, 0.3) is 0 Å². The summed E-state index contributed by atoms with van der Waals surface area (Å²) in [5.74, 6) is 0.623. The number of hydrogen-bond donors (Lipinski definition) is 2. The first-order valence-corrected chi connectivity index (χ1v) is 9.46. The molecule has 30 heavy (non-hydrogen) atoms. The minimum atomic E-state index is -0.140. The van der Waals surface area contributed by atoms with Crippen molar-refractivity contribution < 1.29 is 9.53 Å². The monoisotopic (exact) mass is 403 g/mol. The SMILES string of the molecule is COCCNC(=O)Cn1cc(Nc2cc(C)c(C#N)c3nc4ccccc4n23)cn1. The van der Waals surface area contributed by atoms with Crippen molar-refractivity contribution in [3.05, 3.63) is 53.9 Å². The zero-order valence-electron chi connectivity index (χ0n) is 16.7. The van der Waals surface area contributed by atoms with Crippen molar-refractivity contribution in [3.8, 4) is 6.07 Å². The second kappa shape index (κ2) is 8.23. The third kappa shape index (κ3) is 3.68. The molecular weight excluding hydrogens is 382 g/mol. The third-order valence-corrected chi connectivity index (χ3v) is 4.72. The Morgan fingerprint density at radius 1 is 1.33 bits per heavy atom. The second-order valence-electron chi connectivity index (χ2n) is 6.85. The molecule has 0 aliphatic heterocycles. The van der Waals surface area contributed by atoms with E-state index in [1.54, 1.807) is 24.2 Å². The van der Waals surface area contributed by atoms with Gasteiger partial charge in [-0.25, -0.2) is 4.98 Å². The second-order valence-corrected chi connectivity index (χ2v) is 6.85. The molecule has 0 aliphatic carbocycles. The number of nitrogens with one attached hydrogen (secondary N) is 2. The molecule has 4 aromatic rings. The fourth-order valence-electron chi connectivity index (χ4n) is 3.34. The van der Waals surface area contributed by atoms with Crippen molar-refractivity contribution >= 4 is 34.1 Å². The number of rotatable bonds is 7. The Morgan fingerprint density at radius 2 is 2.17 bits per heavy atom. The predicted molar refractivity (Wildman–Crippen MR) is 113 cm³/mol. The number of nitriles is 1. The number of carbonyl (C=O) groups is 1. The first kappa shape index (κ1) is 19.4. The Bertz CT molecular complexity index is 1270. The molecule has 0 saturated carbocycles. The maximum absolute atomic E-state index is 12.0. The molecular formula is C21H21N7O2. The summed E-state index contributed by atoms with van der Waals surface area (Å²) in [6, 6.07) is 11.9. The van der Waals surface area contributed by atoms with E-state index < -0.39 is 0 Å². The van der Waals surface area contributed by atoms with Crippen molar-refractivity contribution in [1.29, 1.82) is 5.26 Å². The molecule has 0 aliphatic rings. The van der Waals surface area contributed by atoms with E-state index in [4.69, 9.17) is 4.74 Å². The van der Waals surface area contributed by atoms with Gasteiger partial charge in [-0.1, -0.05) is 12.1 Å². The number of ether oxygens (including phenoxy) is 1. The average molecular weight is 403 g/mol. The van der Waals surface area contributed by atoms with Crippen molar-refractivity contribution in [3.63, 3.8) is 0 Å². The molecule has 3 heterocycles. The van der Waals surface area contributed by atoms with Crippen LogP contribution in [-0.4, -0.2) is 45.3 Å². The zero-order valence-corrected chi connectivity index (χ0v) is 16.7. The van der Waals surface area contributed by atoms with Crippen LogP contribution >= 0.6 is 0 Å². The van der Waals surface area contributed by atoms with Gasteiger partial charge in [-0.05, 0) is 30.7 Å². The number of aryl methyl sites for hydroxylation is 1. The molecule has 9 nitrogen and oxygen atoms in total. The molecule has 0 unspecified atom stereocenters. The standard InChI is InChI=1S/C21H21N7O2/c1-14-9-19(25-15-11-24-27(12-15)13-20(29)23-7-8-30-2)28-18-6-4-3-5-17(18)26-21(28)16(14)10-22/h3-6,9,11-12,25H,7-8,13H2,1-2H3,(H,23,29). The van der Waals surface area contributed by atoms with Gasteiger partial charge in [0.05, 0.1) is 35.1 Å². The normalized spacial score (nSPS) is 11.0. The van der Waals surface area contributed by atoms with Crippen LogP contribution in [0.2, 0.25) is 0 Å². The number of hydrogen-bond acceptors (Lipinski definition) is 6. The summed E-state index contributed by atoms with van der Waals surface area (Å²) in [6.45, 7) is 2.92. The molecule has 152 valence electrons. The van der Waals surface area contributed by atoms with Gasteiger partial charge in [-0.2, -0.15) is 10.4 Å². The Balaban J connectivity index is 1.64. The van der Waals surface area contributed by atoms with Gasteiger partial charge >= 0.3 is 0 Å². The smallest absolute Gasteiger partial charge is 0.241 e. The number of carbonyl (C=O) groups excluding carboxylic acids is 1. The number of para-hydroxylation sites is 2. The summed E-state index contributed by atoms with van der Waals surface area (Å²) in [5, 5.41) is 20.0. The topological polar surface area (TPSA) is 109 Å². The predicted octanol–water partition coefficient (Wildman–Crippen LogP) is 2.37. The molecule has 0 fully saturated rings. The summed E-state index contributed by atoms with van der Waals surface area (Å²) >= 11 is 0. The average Bonchev–Trinajstić information content (AvgIpc) is 3.32. The Labute approximate surface area is 172 Å². The Hall–Kier alpha value is -3.90. The van der Waals surface area contributed by atoms with Crippen molar-refractivity contribution in [2.45, 2.75) is 13.5 Å². The highest BCUT2D eigenvalue weighted by Crippen LogP contribution is 2.28. The maximum atomic E-state index is 12.0. The molecule has 2 N–H and O–H groups in total. The highest BCUT2D eigenvalue weighted by Gasteiger charge is 2.15. The minimum absolute atomic E-state index is 0.112. The lowest BCUT2D eigenvalue weighted by Crippen LogP contribution is -2.30. The van der Waals surface area contributed by atoms with Gasteiger partial charge in [0.15, 0.2) is 5.65 Å². The fraction of sp³-hybridized carbons (Fsp3) is 0.238. The van der Waals surface area contributed by atoms with E-state index in [1.165, 1.54) is 0 Å². The highest BCUT2D eigenvalue weighted by atomic mass is 16.5. The van der Waals surface area contributed by atoms with Gasteiger partial charge in [0.2, 0.25) is 5.91 Å². The van der Waals surface area contributed by atoms with E-state index >= 15 is 0 Å². The number of benzene rings is 1. The molecule has 1 aromatic carbocycles. The van der Waals surface area contributed by atoms with Crippen LogP contribution in [-0.2, 0) is 16.1 Å². The van der Waals surface area contributed by atoms with Crippen molar-refractivity contribution in [2.75, 3.05) is 25.6 Å². The van der Waals surface area contributed by atoms with Crippen LogP contribution in [0.15, 0.2) is 42.7 Å². The first-order chi connectivity index (χ1) is 14.6. The summed E-state index contributed by atoms with van der Waals surface area (Å²) in [6.07, 6.45) is 3.41. The molecule has 0 spiro atoms. The fourth-order valence-corrected chi connectivity index (χ4v) is 3.34. The molecule has 9 heteroatoms. The summed E-state index contributed by atoms with van der Waals surface area (Å²) < 4.78 is 8.41. The van der Waals surface area contributed by atoms with E-state index in [2.05, 4.69) is 26.8 Å². The van der Waals surface area contributed by atoms with Crippen LogP contribution in [0, 0.1) is 18.3 Å². The van der Waals surface area contributed by atoms with Crippen LogP contribution in [0.25, 0.3) is 16.7 Å². The van der Waals surface area contributed by atoms with E-state index in [9.17, 15) is 10.1 Å². The third-order valence-electron chi connectivity index (χ3n) is 4.72. The molecule has 1 amide bonds. The zero-order chi connectivity index (χ0) is 21.1. The number of amides is 1. The number of aromatic nitrogens is 4. The Kier molecular flexibility index (Phi) is 5.32. The van der Waals surface area contributed by atoms with Gasteiger partial charge in [0, 0.05) is 19.9 Å². The number of anilines is 2. The van der Waals surface area contributed by atoms with Gasteiger partial charge in [-0.15, -0.1) is 0 Å². The van der Waals surface area contributed by atoms with Crippen LogP contribution in [0.1, 0.15) is 11.1 Å². The molecule has 4 rings (SSSR count). The summed E-state index contributed by atoms with van der Waals surface area (Å²) in [5.41, 5.74) is 4.41. The lowest BCUT2D eigenvalue weighted by Gasteiger charge is -2.11. The van der Waals surface area contributed by atoms with Crippen LogP contribution < -0.4 is 10.6 Å². The van der Waals surface area contributed by atoms with Gasteiger partial charge in [0.1, 0.15) is 18.4 Å². The first-order valence-electron chi connectivity index (χ1n) is 9.46. The highest BCUT2D eigenvalue weighted by molar-refractivity contribution is 5.85. The van der Waals surface area contributed by atoms with E-state index in [0.717, 1.165) is 28.1 Å². The van der Waals surface area contributed by atoms with Crippen LogP contribution in [0.4, 0.5) is 11.5 Å². The van der Waals surface area contributed by atoms with Crippen LogP contribution in [0.5, 0.6) is 0 Å². The quantitative estimate of drug-likeness (QED) is 0.459. The summed E-state index contributed by atoms with van der Waals surface area (Å²) in [4.78, 5) is 16.6. The number of imidazole rings is 1. The summed E-state index contributed by atoms with van der Waals surface area (Å²) in [7, 11) is 1.59. The number of pyridine rings is 1. The van der Waals surface area contributed by atoms with Crippen molar-refractivity contribution in [2.24, 2.45) is 0 Å². The molecule has 0 saturated heterocycles. The molecule has 0 bridgehead atoms. The van der Waals surface area contributed by atoms with E-state index in [-0.39, 0.29) is 12.5 Å². The number of nitrogens with zero attached hydrogens (tertiary/aromatic N) is 5. The maximum Gasteiger partial charge on any atom is 0.241 e. The molecule has 0 radical (unpaired) electrons. The lowest BCUT2D eigenvalue weighted by atomic mass is 10.1. The lowest BCUT2D eigenvalue weighted by molar-refractivity contribution is -0.122. The van der Waals surface area contributed by atoms with Crippen LogP contribution in [0.3, 0.4) is 0 Å². The van der Waals surface area contributed by atoms with E-state index in [1.807, 2.05) is 41.7 Å². The van der Waals surface area contributed by atoms with Crippen molar-refractivity contribution in [1.82, 2.24) is 24.5 Å². The number of fused-ring (bicyclic) bond motifs is 3. The Morgan fingerprint density at radius 3 is 2.97 bits per heavy atom. The van der Waals surface area contributed by atoms with E-state index in [0.29, 0.717) is 24.4 Å².